The van der Waals surface area contributed by atoms with Crippen LogP contribution in [0.1, 0.15) is 6.92 Å². The first-order valence-corrected chi connectivity index (χ1v) is 5.33. The summed E-state index contributed by atoms with van der Waals surface area (Å²) in [5, 5.41) is 7.08. The number of nitrogens with one attached hydrogen (secondary N) is 2. The molecule has 9 nitrogen and oxygen atoms in total. The Hall–Kier alpha value is -2.42. The Morgan fingerprint density at radius 2 is 2.11 bits per heavy atom. The first kappa shape index (κ1) is 12.0. The normalized spacial score (nSPS) is 10.2. The molecule has 0 saturated carbocycles. The molecule has 0 amide bonds. The highest BCUT2D eigenvalue weighted by Gasteiger charge is 2.07. The number of aryl methyl sites for hydroxylation is 1. The van der Waals surface area contributed by atoms with E-state index in [2.05, 4.69) is 30.8 Å². The van der Waals surface area contributed by atoms with Crippen molar-refractivity contribution >= 4 is 17.7 Å². The Balaban J connectivity index is 2.23. The van der Waals surface area contributed by atoms with Gasteiger partial charge in [-0.15, -0.1) is 0 Å². The molecule has 0 aliphatic carbocycles. The zero-order valence-electron chi connectivity index (χ0n) is 10.1. The third kappa shape index (κ3) is 2.83. The Morgan fingerprint density at radius 1 is 1.33 bits per heavy atom. The molecule has 96 valence electrons. The summed E-state index contributed by atoms with van der Waals surface area (Å²) < 4.78 is 6.87. The summed E-state index contributed by atoms with van der Waals surface area (Å²) >= 11 is 0. The maximum absolute atomic E-state index is 5.28. The number of aromatic nitrogens is 5. The molecule has 2 heterocycles. The molecule has 9 heteroatoms. The van der Waals surface area contributed by atoms with Crippen LogP contribution in [0.25, 0.3) is 0 Å². The van der Waals surface area contributed by atoms with Crippen LogP contribution in [-0.2, 0) is 7.05 Å². The summed E-state index contributed by atoms with van der Waals surface area (Å²) in [6.07, 6.45) is 1.80. The third-order valence-electron chi connectivity index (χ3n) is 1.97. The van der Waals surface area contributed by atoms with Crippen LogP contribution < -0.4 is 21.3 Å². The molecule has 0 bridgehead atoms. The van der Waals surface area contributed by atoms with Crippen LogP contribution >= 0.6 is 0 Å². The molecule has 18 heavy (non-hydrogen) atoms. The number of anilines is 3. The van der Waals surface area contributed by atoms with Crippen molar-refractivity contribution < 1.29 is 4.74 Å². The largest absolute Gasteiger partial charge is 0.464 e. The maximum Gasteiger partial charge on any atom is 0.323 e. The molecule has 0 spiro atoms. The number of nitrogens with zero attached hydrogens (tertiary/aromatic N) is 5. The first-order valence-electron chi connectivity index (χ1n) is 5.33. The summed E-state index contributed by atoms with van der Waals surface area (Å²) in [7, 11) is 1.82. The van der Waals surface area contributed by atoms with Gasteiger partial charge in [0.15, 0.2) is 5.82 Å². The number of hydrogen-bond acceptors (Lipinski definition) is 8. The lowest BCUT2D eigenvalue weighted by Gasteiger charge is -2.06. The van der Waals surface area contributed by atoms with Gasteiger partial charge in [0.2, 0.25) is 11.9 Å². The Morgan fingerprint density at radius 3 is 2.72 bits per heavy atom. The second kappa shape index (κ2) is 5.27. The Kier molecular flexibility index (Phi) is 3.53. The van der Waals surface area contributed by atoms with Crippen LogP contribution in [0.2, 0.25) is 0 Å². The number of nitrogens with two attached hydrogens (primary N) is 1. The van der Waals surface area contributed by atoms with Gasteiger partial charge in [0.05, 0.1) is 6.61 Å². The molecule has 0 aliphatic rings. The van der Waals surface area contributed by atoms with E-state index in [9.17, 15) is 0 Å². The molecule has 0 unspecified atom stereocenters. The van der Waals surface area contributed by atoms with Gasteiger partial charge in [0.25, 0.3) is 0 Å². The number of ether oxygens (including phenoxy) is 1. The van der Waals surface area contributed by atoms with Crippen molar-refractivity contribution in [3.63, 3.8) is 0 Å². The Labute approximate surface area is 103 Å². The molecule has 2 aromatic heterocycles. The van der Waals surface area contributed by atoms with Crippen molar-refractivity contribution in [2.24, 2.45) is 12.9 Å². The summed E-state index contributed by atoms with van der Waals surface area (Å²) in [5.74, 6) is 6.42. The lowest BCUT2D eigenvalue weighted by atomic mass is 10.6. The van der Waals surface area contributed by atoms with Crippen LogP contribution in [0.15, 0.2) is 12.3 Å². The lowest BCUT2D eigenvalue weighted by molar-refractivity contribution is 0.312. The van der Waals surface area contributed by atoms with Gasteiger partial charge in [-0.3, -0.25) is 10.1 Å². The van der Waals surface area contributed by atoms with E-state index in [-0.39, 0.29) is 12.0 Å². The number of nitrogen functional groups attached to an aromatic ring is 1. The van der Waals surface area contributed by atoms with Crippen LogP contribution in [0.3, 0.4) is 0 Å². The fourth-order valence-corrected chi connectivity index (χ4v) is 1.27. The fraction of sp³-hybridized carbons (Fsp3) is 0.333. The van der Waals surface area contributed by atoms with E-state index in [1.54, 1.807) is 16.9 Å². The maximum atomic E-state index is 5.28. The van der Waals surface area contributed by atoms with E-state index >= 15 is 0 Å². The van der Waals surface area contributed by atoms with Gasteiger partial charge < -0.3 is 10.1 Å². The van der Waals surface area contributed by atoms with Crippen molar-refractivity contribution in [3.8, 4) is 6.01 Å². The van der Waals surface area contributed by atoms with Crippen LogP contribution in [0.5, 0.6) is 6.01 Å². The highest BCUT2D eigenvalue weighted by molar-refractivity contribution is 5.48. The SMILES string of the molecule is CCOc1nc(NN)nc(Nc2ccn(C)n2)n1. The van der Waals surface area contributed by atoms with Crippen LogP contribution in [0, 0.1) is 0 Å². The van der Waals surface area contributed by atoms with E-state index in [0.29, 0.717) is 18.4 Å². The average molecular weight is 250 g/mol. The number of hydrazine groups is 1. The van der Waals surface area contributed by atoms with E-state index < -0.39 is 0 Å². The van der Waals surface area contributed by atoms with Crippen LogP contribution in [-0.4, -0.2) is 31.3 Å². The van der Waals surface area contributed by atoms with E-state index in [1.807, 2.05) is 14.0 Å². The lowest BCUT2D eigenvalue weighted by Crippen LogP contribution is -2.13. The molecule has 0 aromatic carbocycles. The van der Waals surface area contributed by atoms with Gasteiger partial charge in [-0.2, -0.15) is 20.1 Å². The predicted molar refractivity (Wildman–Crippen MR) is 65.3 cm³/mol. The van der Waals surface area contributed by atoms with Gasteiger partial charge in [-0.05, 0) is 6.92 Å². The zero-order valence-corrected chi connectivity index (χ0v) is 10.1. The first-order chi connectivity index (χ1) is 8.71. The molecular weight excluding hydrogens is 236 g/mol. The van der Waals surface area contributed by atoms with Crippen molar-refractivity contribution in [3.05, 3.63) is 12.3 Å². The fourth-order valence-electron chi connectivity index (χ4n) is 1.27. The summed E-state index contributed by atoms with van der Waals surface area (Å²) in [6, 6.07) is 1.98. The molecule has 2 aromatic rings. The molecule has 0 atom stereocenters. The van der Waals surface area contributed by atoms with Gasteiger partial charge in [-0.1, -0.05) is 0 Å². The number of rotatable bonds is 5. The smallest absolute Gasteiger partial charge is 0.323 e. The second-order valence-electron chi connectivity index (χ2n) is 3.34. The molecule has 0 radical (unpaired) electrons. The summed E-state index contributed by atoms with van der Waals surface area (Å²) in [6.45, 7) is 2.29. The number of hydrogen-bond donors (Lipinski definition) is 3. The minimum Gasteiger partial charge on any atom is -0.464 e. The molecule has 4 N–H and O–H groups in total. The van der Waals surface area contributed by atoms with Crippen molar-refractivity contribution in [1.29, 1.82) is 0 Å². The van der Waals surface area contributed by atoms with E-state index in [4.69, 9.17) is 10.6 Å². The predicted octanol–water partition coefficient (Wildman–Crippen LogP) is 0.0330. The minimum atomic E-state index is 0.193. The minimum absolute atomic E-state index is 0.193. The highest BCUT2D eigenvalue weighted by atomic mass is 16.5. The van der Waals surface area contributed by atoms with E-state index in [0.717, 1.165) is 0 Å². The third-order valence-corrected chi connectivity index (χ3v) is 1.97. The monoisotopic (exact) mass is 250 g/mol. The standard InChI is InChI=1S/C9H14N8O/c1-3-18-9-13-7(12-8(14-9)15-10)11-6-4-5-17(2)16-6/h4-5H,3,10H2,1-2H3,(H2,11,12,13,14,15,16). The average Bonchev–Trinajstić information content (AvgIpc) is 2.75. The topological polar surface area (TPSA) is 116 Å². The van der Waals surface area contributed by atoms with Gasteiger partial charge >= 0.3 is 6.01 Å². The van der Waals surface area contributed by atoms with Crippen molar-refractivity contribution in [2.45, 2.75) is 6.92 Å². The Bertz CT molecular complexity index is 525. The molecule has 2 rings (SSSR count). The summed E-state index contributed by atoms with van der Waals surface area (Å²) in [4.78, 5) is 12.1. The molecule has 0 aliphatic heterocycles. The van der Waals surface area contributed by atoms with Gasteiger partial charge in [0.1, 0.15) is 0 Å². The molecular formula is C9H14N8O. The quantitative estimate of drug-likeness (QED) is 0.503. The van der Waals surface area contributed by atoms with E-state index in [1.165, 1.54) is 0 Å². The van der Waals surface area contributed by atoms with Gasteiger partial charge in [0, 0.05) is 19.3 Å². The molecule has 0 fully saturated rings. The van der Waals surface area contributed by atoms with Crippen molar-refractivity contribution in [1.82, 2.24) is 24.7 Å². The molecule has 0 saturated heterocycles. The van der Waals surface area contributed by atoms with Gasteiger partial charge in [-0.25, -0.2) is 5.84 Å². The second-order valence-corrected chi connectivity index (χ2v) is 3.34. The van der Waals surface area contributed by atoms with Crippen molar-refractivity contribution in [2.75, 3.05) is 17.3 Å². The zero-order chi connectivity index (χ0) is 13.0. The highest BCUT2D eigenvalue weighted by Crippen LogP contribution is 2.14. The van der Waals surface area contributed by atoms with Crippen LogP contribution in [0.4, 0.5) is 17.7 Å². The summed E-state index contributed by atoms with van der Waals surface area (Å²) in [5.41, 5.74) is 2.35.